The average molecular weight is 234 g/mol. The van der Waals surface area contributed by atoms with Gasteiger partial charge in [0.25, 0.3) is 0 Å². The molecule has 1 aliphatic heterocycles. The van der Waals surface area contributed by atoms with Crippen LogP contribution in [-0.4, -0.2) is 35.2 Å². The van der Waals surface area contributed by atoms with E-state index in [-0.39, 0.29) is 12.1 Å². The molecule has 0 saturated carbocycles. The number of rotatable bonds is 2. The zero-order valence-corrected chi connectivity index (χ0v) is 10.0. The van der Waals surface area contributed by atoms with E-state index in [0.29, 0.717) is 19.5 Å². The van der Waals surface area contributed by atoms with Gasteiger partial charge in [-0.05, 0) is 30.5 Å². The monoisotopic (exact) mass is 234 g/mol. The minimum Gasteiger partial charge on any atom is -0.391 e. The van der Waals surface area contributed by atoms with Crippen LogP contribution in [0.4, 0.5) is 10.5 Å². The molecule has 0 bridgehead atoms. The van der Waals surface area contributed by atoms with E-state index in [4.69, 9.17) is 0 Å². The molecule has 92 valence electrons. The number of aryl methyl sites for hydroxylation is 1. The lowest BCUT2D eigenvalue weighted by Gasteiger charge is -2.16. The molecule has 0 aliphatic carbocycles. The molecule has 1 heterocycles. The van der Waals surface area contributed by atoms with E-state index in [1.165, 1.54) is 5.56 Å². The zero-order chi connectivity index (χ0) is 12.3. The van der Waals surface area contributed by atoms with E-state index in [1.54, 1.807) is 4.90 Å². The number of β-amino-alcohol motifs (C(OH)–C–C–N with tert-alkyl or cyclic N) is 1. The molecule has 1 saturated heterocycles. The van der Waals surface area contributed by atoms with Gasteiger partial charge in [-0.2, -0.15) is 0 Å². The highest BCUT2D eigenvalue weighted by Gasteiger charge is 2.24. The number of urea groups is 1. The fourth-order valence-electron chi connectivity index (χ4n) is 1.95. The van der Waals surface area contributed by atoms with Gasteiger partial charge in [-0.25, -0.2) is 4.79 Å². The summed E-state index contributed by atoms with van der Waals surface area (Å²) in [6, 6.07) is 7.70. The highest BCUT2D eigenvalue weighted by Crippen LogP contribution is 2.13. The van der Waals surface area contributed by atoms with Crippen molar-refractivity contribution in [1.82, 2.24) is 4.90 Å². The number of anilines is 1. The minimum absolute atomic E-state index is 0.134. The second kappa shape index (κ2) is 5.19. The highest BCUT2D eigenvalue weighted by molar-refractivity contribution is 5.89. The van der Waals surface area contributed by atoms with Crippen molar-refractivity contribution < 1.29 is 9.90 Å². The lowest BCUT2D eigenvalue weighted by molar-refractivity contribution is 0.176. The first kappa shape index (κ1) is 11.9. The molecular weight excluding hydrogens is 216 g/mol. The fourth-order valence-corrected chi connectivity index (χ4v) is 1.95. The van der Waals surface area contributed by atoms with E-state index in [2.05, 4.69) is 12.2 Å². The number of hydrogen-bond donors (Lipinski definition) is 2. The van der Waals surface area contributed by atoms with Crippen molar-refractivity contribution >= 4 is 11.7 Å². The summed E-state index contributed by atoms with van der Waals surface area (Å²) in [6.07, 6.45) is 1.29. The number of carbonyl (C=O) groups excluding carboxylic acids is 1. The molecule has 2 amide bonds. The Bertz CT molecular complexity index is 389. The molecule has 0 aromatic heterocycles. The van der Waals surface area contributed by atoms with Gasteiger partial charge in [0.1, 0.15) is 0 Å². The average Bonchev–Trinajstić information content (AvgIpc) is 2.77. The van der Waals surface area contributed by atoms with Crippen LogP contribution in [0, 0.1) is 0 Å². The van der Waals surface area contributed by atoms with Crippen molar-refractivity contribution in [2.45, 2.75) is 25.9 Å². The van der Waals surface area contributed by atoms with E-state index < -0.39 is 0 Å². The van der Waals surface area contributed by atoms with Crippen LogP contribution < -0.4 is 5.32 Å². The Hall–Kier alpha value is -1.55. The maximum Gasteiger partial charge on any atom is 0.321 e. The minimum atomic E-state index is -0.372. The van der Waals surface area contributed by atoms with Gasteiger partial charge in [-0.3, -0.25) is 0 Å². The molecule has 2 N–H and O–H groups in total. The largest absolute Gasteiger partial charge is 0.391 e. The molecular formula is C13H18N2O2. The Morgan fingerprint density at radius 1 is 1.47 bits per heavy atom. The second-order valence-electron chi connectivity index (χ2n) is 4.37. The van der Waals surface area contributed by atoms with E-state index >= 15 is 0 Å². The molecule has 17 heavy (non-hydrogen) atoms. The normalized spacial score (nSPS) is 19.4. The topological polar surface area (TPSA) is 52.6 Å². The number of aliphatic hydroxyl groups excluding tert-OH is 1. The molecule has 1 aromatic rings. The van der Waals surface area contributed by atoms with Gasteiger partial charge in [-0.15, -0.1) is 0 Å². The van der Waals surface area contributed by atoms with Crippen LogP contribution in [0.3, 0.4) is 0 Å². The maximum atomic E-state index is 11.8. The predicted molar refractivity (Wildman–Crippen MR) is 67.0 cm³/mol. The Morgan fingerprint density at radius 2 is 2.18 bits per heavy atom. The smallest absolute Gasteiger partial charge is 0.321 e. The first-order chi connectivity index (χ1) is 8.19. The van der Waals surface area contributed by atoms with Gasteiger partial charge in [0, 0.05) is 18.8 Å². The SMILES string of the molecule is CCc1ccc(NC(=O)N2CC[C@@H](O)C2)cc1. The van der Waals surface area contributed by atoms with Crippen LogP contribution in [0.2, 0.25) is 0 Å². The lowest BCUT2D eigenvalue weighted by atomic mass is 10.1. The van der Waals surface area contributed by atoms with Crippen molar-refractivity contribution in [2.75, 3.05) is 18.4 Å². The number of nitrogens with zero attached hydrogens (tertiary/aromatic N) is 1. The third-order valence-corrected chi connectivity index (χ3v) is 3.06. The summed E-state index contributed by atoms with van der Waals surface area (Å²) < 4.78 is 0. The quantitative estimate of drug-likeness (QED) is 0.820. The van der Waals surface area contributed by atoms with Crippen LogP contribution in [0.15, 0.2) is 24.3 Å². The van der Waals surface area contributed by atoms with Crippen LogP contribution in [0.25, 0.3) is 0 Å². The molecule has 1 atom stereocenters. The molecule has 4 heteroatoms. The molecule has 4 nitrogen and oxygen atoms in total. The fraction of sp³-hybridized carbons (Fsp3) is 0.462. The van der Waals surface area contributed by atoms with E-state index in [0.717, 1.165) is 12.1 Å². The number of likely N-dealkylation sites (tertiary alicyclic amines) is 1. The van der Waals surface area contributed by atoms with Crippen molar-refractivity contribution in [3.8, 4) is 0 Å². The molecule has 1 aromatic carbocycles. The van der Waals surface area contributed by atoms with Crippen LogP contribution in [-0.2, 0) is 6.42 Å². The van der Waals surface area contributed by atoms with Gasteiger partial charge >= 0.3 is 6.03 Å². The first-order valence-corrected chi connectivity index (χ1v) is 6.02. The van der Waals surface area contributed by atoms with Crippen molar-refractivity contribution in [2.24, 2.45) is 0 Å². The molecule has 0 radical (unpaired) electrons. The van der Waals surface area contributed by atoms with Gasteiger partial charge < -0.3 is 15.3 Å². The Balaban J connectivity index is 1.93. The lowest BCUT2D eigenvalue weighted by Crippen LogP contribution is -2.33. The van der Waals surface area contributed by atoms with Gasteiger partial charge in [0.15, 0.2) is 0 Å². The summed E-state index contributed by atoms with van der Waals surface area (Å²) in [4.78, 5) is 13.5. The van der Waals surface area contributed by atoms with Crippen molar-refractivity contribution in [3.05, 3.63) is 29.8 Å². The van der Waals surface area contributed by atoms with Crippen LogP contribution in [0.5, 0.6) is 0 Å². The number of carbonyl (C=O) groups is 1. The summed E-state index contributed by atoms with van der Waals surface area (Å²) in [7, 11) is 0. The zero-order valence-electron chi connectivity index (χ0n) is 10.0. The standard InChI is InChI=1S/C13H18N2O2/c1-2-10-3-5-11(6-4-10)14-13(17)15-8-7-12(16)9-15/h3-6,12,16H,2,7-9H2,1H3,(H,14,17)/t12-/m1/s1. The second-order valence-corrected chi connectivity index (χ2v) is 4.37. The van der Waals surface area contributed by atoms with Gasteiger partial charge in [-0.1, -0.05) is 19.1 Å². The van der Waals surface area contributed by atoms with Crippen molar-refractivity contribution in [1.29, 1.82) is 0 Å². The number of hydrogen-bond acceptors (Lipinski definition) is 2. The van der Waals surface area contributed by atoms with Crippen molar-refractivity contribution in [3.63, 3.8) is 0 Å². The molecule has 2 rings (SSSR count). The van der Waals surface area contributed by atoms with Gasteiger partial charge in [0.05, 0.1) is 6.10 Å². The molecule has 1 aliphatic rings. The number of nitrogens with one attached hydrogen (secondary N) is 1. The number of benzene rings is 1. The first-order valence-electron chi connectivity index (χ1n) is 6.02. The summed E-state index contributed by atoms with van der Waals surface area (Å²) in [5, 5.41) is 12.2. The molecule has 0 unspecified atom stereocenters. The predicted octanol–water partition coefficient (Wildman–Crippen LogP) is 1.85. The maximum absolute atomic E-state index is 11.8. The Labute approximate surface area is 101 Å². The summed E-state index contributed by atoms with van der Waals surface area (Å²) in [5.74, 6) is 0. The van der Waals surface area contributed by atoms with Crippen LogP contribution in [0.1, 0.15) is 18.9 Å². The van der Waals surface area contributed by atoms with E-state index in [1.807, 2.05) is 24.3 Å². The summed E-state index contributed by atoms with van der Waals surface area (Å²) in [6.45, 7) is 3.15. The Kier molecular flexibility index (Phi) is 3.64. The number of aliphatic hydroxyl groups is 1. The van der Waals surface area contributed by atoms with E-state index in [9.17, 15) is 9.90 Å². The van der Waals surface area contributed by atoms with Gasteiger partial charge in [0.2, 0.25) is 0 Å². The molecule has 0 spiro atoms. The number of amides is 2. The Morgan fingerprint density at radius 3 is 2.71 bits per heavy atom. The third-order valence-electron chi connectivity index (χ3n) is 3.06. The third kappa shape index (κ3) is 2.97. The summed E-state index contributed by atoms with van der Waals surface area (Å²) in [5.41, 5.74) is 2.05. The summed E-state index contributed by atoms with van der Waals surface area (Å²) >= 11 is 0. The highest BCUT2D eigenvalue weighted by atomic mass is 16.3. The van der Waals surface area contributed by atoms with Crippen LogP contribution >= 0.6 is 0 Å². The molecule has 1 fully saturated rings.